The zero-order valence-corrected chi connectivity index (χ0v) is 14.6. The number of ether oxygens (including phenoxy) is 1. The van der Waals surface area contributed by atoms with Crippen LogP contribution in [0.15, 0.2) is 60.8 Å². The summed E-state index contributed by atoms with van der Waals surface area (Å²) in [5, 5.41) is 0. The van der Waals surface area contributed by atoms with E-state index in [1.54, 1.807) is 0 Å². The molecule has 2 aromatic carbocycles. The average molecular weight is 321 g/mol. The van der Waals surface area contributed by atoms with Crippen LogP contribution in [0.3, 0.4) is 0 Å². The lowest BCUT2D eigenvalue weighted by Gasteiger charge is -2.09. The molecule has 0 saturated heterocycles. The highest BCUT2D eigenvalue weighted by molar-refractivity contribution is 6.29. The number of para-hydroxylation sites is 1. The van der Waals surface area contributed by atoms with Gasteiger partial charge in [0.05, 0.1) is 26.9 Å². The molecule has 1 aromatic heterocycles. The molecule has 0 saturated carbocycles. The van der Waals surface area contributed by atoms with Crippen LogP contribution in [0.1, 0.15) is 10.4 Å². The summed E-state index contributed by atoms with van der Waals surface area (Å²) >= 11 is 0. The smallest absolute Gasteiger partial charge is 0.252 e. The predicted octanol–water partition coefficient (Wildman–Crippen LogP) is 1.03. The second-order valence-electron chi connectivity index (χ2n) is 4.98. The maximum Gasteiger partial charge on any atom is 0.252 e. The van der Waals surface area contributed by atoms with Gasteiger partial charge in [0.25, 0.3) is 5.91 Å². The van der Waals surface area contributed by atoms with E-state index in [9.17, 15) is 4.79 Å². The summed E-state index contributed by atoms with van der Waals surface area (Å²) in [6.45, 7) is 0. The van der Waals surface area contributed by atoms with Crippen LogP contribution in [0, 0.1) is 0 Å². The molecule has 0 spiro atoms. The van der Waals surface area contributed by atoms with Crippen LogP contribution in [-0.2, 0) is 0 Å². The van der Waals surface area contributed by atoms with Gasteiger partial charge in [-0.1, -0.05) is 18.2 Å². The van der Waals surface area contributed by atoms with Crippen molar-refractivity contribution in [2.75, 3.05) is 0 Å². The van der Waals surface area contributed by atoms with Crippen molar-refractivity contribution in [3.05, 3.63) is 66.4 Å². The van der Waals surface area contributed by atoms with E-state index in [1.165, 1.54) is 6.20 Å². The highest BCUT2D eigenvalue weighted by Crippen LogP contribution is 2.25. The van der Waals surface area contributed by atoms with Gasteiger partial charge < -0.3 is 10.5 Å². The van der Waals surface area contributed by atoms with Crippen LogP contribution in [0.25, 0.3) is 11.3 Å². The largest absolute Gasteiger partial charge is 0.457 e. The van der Waals surface area contributed by atoms with Gasteiger partial charge in [-0.2, -0.15) is 0 Å². The van der Waals surface area contributed by atoms with Crippen molar-refractivity contribution in [3.8, 4) is 22.8 Å². The van der Waals surface area contributed by atoms with Crippen LogP contribution in [-0.4, -0.2) is 26.1 Å². The molecule has 0 bridgehead atoms. The Morgan fingerprint density at radius 3 is 2.30 bits per heavy atom. The molecule has 1 amide bonds. The molecule has 2 N–H and O–H groups in total. The highest BCUT2D eigenvalue weighted by Gasteiger charge is 2.13. The first-order valence-electron chi connectivity index (χ1n) is 7.10. The number of nitrogens with two attached hydrogens (primary N) is 1. The number of carbonyl (C=O) groups excluding carboxylic acids is 1. The monoisotopic (exact) mass is 321 g/mol. The summed E-state index contributed by atoms with van der Waals surface area (Å²) in [7, 11) is 0.700. The molecule has 0 aliphatic heterocycles. The third kappa shape index (κ3) is 3.43. The average Bonchev–Trinajstić information content (AvgIpc) is 2.56. The first kappa shape index (κ1) is 14.9. The molecule has 0 aliphatic rings. The lowest BCUT2D eigenvalue weighted by molar-refractivity contribution is 0.100. The number of benzene rings is 2. The third-order valence-corrected chi connectivity index (χ3v) is 3.76. The first-order chi connectivity index (χ1) is 11.1. The Bertz CT molecular complexity index is 836. The fourth-order valence-electron chi connectivity index (χ4n) is 2.18. The van der Waals surface area contributed by atoms with Gasteiger partial charge in [-0.05, 0) is 36.4 Å². The number of hydrogen-bond donors (Lipinski definition) is 1. The van der Waals surface area contributed by atoms with Crippen LogP contribution >= 0.6 is 0 Å². The summed E-state index contributed by atoms with van der Waals surface area (Å²) < 4.78 is 5.75. The number of hydrogen-bond acceptors (Lipinski definition) is 4. The van der Waals surface area contributed by atoms with Gasteiger partial charge in [-0.25, -0.2) is 9.97 Å². The Morgan fingerprint density at radius 1 is 1.00 bits per heavy atom. The van der Waals surface area contributed by atoms with E-state index in [0.29, 0.717) is 27.2 Å². The summed E-state index contributed by atoms with van der Waals surface area (Å²) in [4.78, 5) is 20.0. The predicted molar refractivity (Wildman–Crippen MR) is 92.1 cm³/mol. The number of nitrogens with zero attached hydrogens (tertiary/aromatic N) is 2. The van der Waals surface area contributed by atoms with Gasteiger partial charge in [0.1, 0.15) is 11.5 Å². The lowest BCUT2D eigenvalue weighted by atomic mass is 10.1. The summed E-state index contributed by atoms with van der Waals surface area (Å²) in [6.07, 6.45) is 1.49. The zero-order chi connectivity index (χ0) is 16.2. The summed E-state index contributed by atoms with van der Waals surface area (Å²) in [5.74, 6) is 0.939. The van der Waals surface area contributed by atoms with Gasteiger partial charge in [0, 0.05) is 11.8 Å². The molecule has 3 rings (SSSR count). The van der Waals surface area contributed by atoms with E-state index in [0.717, 1.165) is 16.8 Å². The SMILES string of the molecule is NC(=O)c1cnc([SiH3])nc1-c1ccc(Oc2ccccc2)cc1. The molecule has 0 radical (unpaired) electrons. The molecular formula is C17H15N3O2Si. The van der Waals surface area contributed by atoms with Gasteiger partial charge in [-0.3, -0.25) is 4.79 Å². The van der Waals surface area contributed by atoms with E-state index in [-0.39, 0.29) is 0 Å². The van der Waals surface area contributed by atoms with Crippen molar-refractivity contribution in [1.82, 2.24) is 9.97 Å². The maximum atomic E-state index is 11.5. The van der Waals surface area contributed by atoms with Crippen molar-refractivity contribution >= 4 is 21.6 Å². The Labute approximate surface area is 136 Å². The normalized spacial score (nSPS) is 10.4. The van der Waals surface area contributed by atoms with Gasteiger partial charge in [-0.15, -0.1) is 0 Å². The fourth-order valence-corrected chi connectivity index (χ4v) is 2.53. The molecule has 1 heterocycles. The van der Waals surface area contributed by atoms with Crippen molar-refractivity contribution in [1.29, 1.82) is 0 Å². The molecule has 3 aromatic rings. The second-order valence-corrected chi connectivity index (χ2v) is 5.88. The molecule has 6 heteroatoms. The molecule has 5 nitrogen and oxygen atoms in total. The van der Waals surface area contributed by atoms with Crippen LogP contribution in [0.4, 0.5) is 0 Å². The molecule has 0 aliphatic carbocycles. The van der Waals surface area contributed by atoms with Crippen molar-refractivity contribution in [2.45, 2.75) is 0 Å². The van der Waals surface area contributed by atoms with Crippen molar-refractivity contribution in [3.63, 3.8) is 0 Å². The van der Waals surface area contributed by atoms with E-state index in [2.05, 4.69) is 9.97 Å². The number of primary amides is 1. The Balaban J connectivity index is 1.91. The Kier molecular flexibility index (Phi) is 4.16. The van der Waals surface area contributed by atoms with E-state index in [1.807, 2.05) is 54.6 Å². The summed E-state index contributed by atoms with van der Waals surface area (Å²) in [5.41, 5.74) is 7.80. The quantitative estimate of drug-likeness (QED) is 0.728. The molecular weight excluding hydrogens is 306 g/mol. The maximum absolute atomic E-state index is 11.5. The van der Waals surface area contributed by atoms with Gasteiger partial charge in [0.2, 0.25) is 0 Å². The standard InChI is InChI=1S/C17H15N3O2Si/c18-16(21)14-10-19-17(23)20-15(14)11-6-8-13(9-7-11)22-12-4-2-1-3-5-12/h1-10H,23H3,(H2,18,21). The highest BCUT2D eigenvalue weighted by atomic mass is 28.1. The minimum Gasteiger partial charge on any atom is -0.457 e. The van der Waals surface area contributed by atoms with Crippen LogP contribution < -0.4 is 15.9 Å². The molecule has 0 unspecified atom stereocenters. The summed E-state index contributed by atoms with van der Waals surface area (Å²) in [6, 6.07) is 16.9. The van der Waals surface area contributed by atoms with Gasteiger partial charge in [0.15, 0.2) is 0 Å². The van der Waals surface area contributed by atoms with Crippen molar-refractivity contribution in [2.24, 2.45) is 5.73 Å². The Hall–Kier alpha value is -2.99. The number of carbonyl (C=O) groups is 1. The zero-order valence-electron chi connectivity index (χ0n) is 12.6. The topological polar surface area (TPSA) is 78.1 Å². The molecule has 114 valence electrons. The fraction of sp³-hybridized carbons (Fsp3) is 0. The Morgan fingerprint density at radius 2 is 1.65 bits per heavy atom. The van der Waals surface area contributed by atoms with E-state index >= 15 is 0 Å². The number of aromatic nitrogens is 2. The van der Waals surface area contributed by atoms with E-state index in [4.69, 9.17) is 10.5 Å². The first-order valence-corrected chi connectivity index (χ1v) is 8.10. The minimum atomic E-state index is -0.536. The number of rotatable bonds is 4. The van der Waals surface area contributed by atoms with Crippen molar-refractivity contribution < 1.29 is 9.53 Å². The van der Waals surface area contributed by atoms with E-state index < -0.39 is 5.91 Å². The molecule has 23 heavy (non-hydrogen) atoms. The number of amides is 1. The van der Waals surface area contributed by atoms with Crippen LogP contribution in [0.5, 0.6) is 11.5 Å². The van der Waals surface area contributed by atoms with Gasteiger partial charge >= 0.3 is 0 Å². The second kappa shape index (κ2) is 6.41. The van der Waals surface area contributed by atoms with Crippen LogP contribution in [0.2, 0.25) is 0 Å². The molecule has 0 atom stereocenters. The minimum absolute atomic E-state index is 0.321. The third-order valence-electron chi connectivity index (χ3n) is 3.28. The lowest BCUT2D eigenvalue weighted by Crippen LogP contribution is -2.20. The molecule has 0 fully saturated rings.